The van der Waals surface area contributed by atoms with Gasteiger partial charge in [-0.3, -0.25) is 4.79 Å². The highest BCUT2D eigenvalue weighted by Gasteiger charge is 2.22. The second-order valence-corrected chi connectivity index (χ2v) is 8.09. The quantitative estimate of drug-likeness (QED) is 0.367. The van der Waals surface area contributed by atoms with Crippen molar-refractivity contribution in [1.82, 2.24) is 10.3 Å². The predicted molar refractivity (Wildman–Crippen MR) is 124 cm³/mol. The fourth-order valence-electron chi connectivity index (χ4n) is 4.13. The van der Waals surface area contributed by atoms with Gasteiger partial charge in [-0.05, 0) is 54.7 Å². The Morgan fingerprint density at radius 1 is 1.00 bits per heavy atom. The average molecular weight is 415 g/mol. The van der Waals surface area contributed by atoms with Gasteiger partial charge in [-0.1, -0.05) is 60.7 Å². The fraction of sp³-hybridized carbons (Fsp3) is 0.222. The van der Waals surface area contributed by atoms with E-state index in [-0.39, 0.29) is 30.1 Å². The molecule has 4 aromatic rings. The number of hydrogen-bond acceptors (Lipinski definition) is 1. The number of aromatic nitrogens is 1. The Balaban J connectivity index is 1.50. The Morgan fingerprint density at radius 2 is 1.77 bits per heavy atom. The SMILES string of the molecule is C[C@H](CCc1ccccc1)NC(=O)C[C@H](c1cccc(F)c1)c1c[nH]c2ccccc12. The van der Waals surface area contributed by atoms with E-state index in [1.54, 1.807) is 6.07 Å². The van der Waals surface area contributed by atoms with Crippen molar-refractivity contribution in [2.45, 2.75) is 38.1 Å². The van der Waals surface area contributed by atoms with Crippen molar-refractivity contribution >= 4 is 16.8 Å². The van der Waals surface area contributed by atoms with Crippen LogP contribution in [-0.2, 0) is 11.2 Å². The number of halogens is 1. The Kier molecular flexibility index (Phi) is 6.46. The fourth-order valence-corrected chi connectivity index (χ4v) is 4.13. The molecule has 31 heavy (non-hydrogen) atoms. The van der Waals surface area contributed by atoms with Crippen LogP contribution in [0.15, 0.2) is 85.1 Å². The Bertz CT molecular complexity index is 1150. The lowest BCUT2D eigenvalue weighted by molar-refractivity contribution is -0.121. The Labute approximate surface area is 182 Å². The van der Waals surface area contributed by atoms with Crippen molar-refractivity contribution in [3.05, 3.63) is 108 Å². The minimum Gasteiger partial charge on any atom is -0.361 e. The lowest BCUT2D eigenvalue weighted by Crippen LogP contribution is -2.33. The molecule has 3 nitrogen and oxygen atoms in total. The van der Waals surface area contributed by atoms with Gasteiger partial charge in [0.15, 0.2) is 0 Å². The van der Waals surface area contributed by atoms with Crippen LogP contribution < -0.4 is 5.32 Å². The summed E-state index contributed by atoms with van der Waals surface area (Å²) in [6, 6.07) is 24.9. The molecule has 1 heterocycles. The van der Waals surface area contributed by atoms with Gasteiger partial charge >= 0.3 is 0 Å². The van der Waals surface area contributed by atoms with E-state index in [1.165, 1.54) is 17.7 Å². The van der Waals surface area contributed by atoms with Crippen molar-refractivity contribution in [2.75, 3.05) is 0 Å². The number of aryl methyl sites for hydroxylation is 1. The summed E-state index contributed by atoms with van der Waals surface area (Å²) >= 11 is 0. The van der Waals surface area contributed by atoms with Gasteiger partial charge in [-0.25, -0.2) is 4.39 Å². The third kappa shape index (κ3) is 5.21. The lowest BCUT2D eigenvalue weighted by Gasteiger charge is -2.20. The summed E-state index contributed by atoms with van der Waals surface area (Å²) in [5.41, 5.74) is 4.08. The zero-order chi connectivity index (χ0) is 21.6. The predicted octanol–water partition coefficient (Wildman–Crippen LogP) is 5.97. The molecule has 4 rings (SSSR count). The topological polar surface area (TPSA) is 44.9 Å². The summed E-state index contributed by atoms with van der Waals surface area (Å²) in [5.74, 6) is -0.549. The molecule has 4 heteroatoms. The molecule has 0 bridgehead atoms. The zero-order valence-corrected chi connectivity index (χ0v) is 17.6. The molecule has 0 aliphatic heterocycles. The van der Waals surface area contributed by atoms with Crippen LogP contribution in [0.4, 0.5) is 4.39 Å². The van der Waals surface area contributed by atoms with Crippen LogP contribution in [0.5, 0.6) is 0 Å². The second kappa shape index (κ2) is 9.61. The van der Waals surface area contributed by atoms with Gasteiger partial charge in [0.05, 0.1) is 0 Å². The van der Waals surface area contributed by atoms with Crippen LogP contribution in [0.2, 0.25) is 0 Å². The largest absolute Gasteiger partial charge is 0.361 e. The number of benzene rings is 3. The number of nitrogens with one attached hydrogen (secondary N) is 2. The van der Waals surface area contributed by atoms with Gasteiger partial charge in [0, 0.05) is 35.5 Å². The summed E-state index contributed by atoms with van der Waals surface area (Å²) in [7, 11) is 0. The number of para-hydroxylation sites is 1. The molecule has 0 saturated carbocycles. The molecule has 0 unspecified atom stereocenters. The maximum Gasteiger partial charge on any atom is 0.221 e. The van der Waals surface area contributed by atoms with E-state index in [4.69, 9.17) is 0 Å². The zero-order valence-electron chi connectivity index (χ0n) is 17.6. The van der Waals surface area contributed by atoms with E-state index in [0.29, 0.717) is 0 Å². The monoisotopic (exact) mass is 414 g/mol. The van der Waals surface area contributed by atoms with Crippen molar-refractivity contribution in [3.8, 4) is 0 Å². The number of amides is 1. The minimum absolute atomic E-state index is 0.0277. The van der Waals surface area contributed by atoms with Crippen molar-refractivity contribution in [1.29, 1.82) is 0 Å². The molecule has 1 amide bonds. The van der Waals surface area contributed by atoms with E-state index >= 15 is 0 Å². The average Bonchev–Trinajstić information content (AvgIpc) is 3.21. The summed E-state index contributed by atoms with van der Waals surface area (Å²) in [6.07, 6.45) is 3.98. The molecule has 0 spiro atoms. The number of carbonyl (C=O) groups is 1. The third-order valence-electron chi connectivity index (χ3n) is 5.75. The standard InChI is InChI=1S/C27H27FN2O/c1-19(14-15-20-8-3-2-4-9-20)30-27(31)17-24(21-10-7-11-22(28)16-21)25-18-29-26-13-6-5-12-23(25)26/h2-13,16,18-19,24,29H,14-15,17H2,1H3,(H,30,31)/t19-,24-/m1/s1. The van der Waals surface area contributed by atoms with Gasteiger partial charge < -0.3 is 10.3 Å². The Hall–Kier alpha value is -3.40. The Morgan fingerprint density at radius 3 is 2.58 bits per heavy atom. The minimum atomic E-state index is -0.293. The maximum atomic E-state index is 14.0. The molecule has 0 aliphatic rings. The third-order valence-corrected chi connectivity index (χ3v) is 5.75. The highest BCUT2D eigenvalue weighted by molar-refractivity contribution is 5.86. The molecule has 3 aromatic carbocycles. The van der Waals surface area contributed by atoms with Crippen LogP contribution in [0.25, 0.3) is 10.9 Å². The van der Waals surface area contributed by atoms with Crippen LogP contribution in [0.1, 0.15) is 42.4 Å². The smallest absolute Gasteiger partial charge is 0.221 e. The van der Waals surface area contributed by atoms with Crippen molar-refractivity contribution in [2.24, 2.45) is 0 Å². The van der Waals surface area contributed by atoms with E-state index in [9.17, 15) is 9.18 Å². The molecular weight excluding hydrogens is 387 g/mol. The molecule has 1 aromatic heterocycles. The summed E-state index contributed by atoms with van der Waals surface area (Å²) in [5, 5.41) is 4.19. The summed E-state index contributed by atoms with van der Waals surface area (Å²) in [6.45, 7) is 2.03. The van der Waals surface area contributed by atoms with E-state index < -0.39 is 0 Å². The first-order chi connectivity index (χ1) is 15.1. The van der Waals surface area contributed by atoms with E-state index in [0.717, 1.165) is 34.9 Å². The number of carbonyl (C=O) groups excluding carboxylic acids is 1. The lowest BCUT2D eigenvalue weighted by atomic mass is 9.88. The first kappa shape index (κ1) is 20.9. The molecule has 158 valence electrons. The first-order valence-corrected chi connectivity index (χ1v) is 10.7. The highest BCUT2D eigenvalue weighted by atomic mass is 19.1. The molecule has 0 radical (unpaired) electrons. The number of fused-ring (bicyclic) bond motifs is 1. The van der Waals surface area contributed by atoms with Gasteiger partial charge in [-0.2, -0.15) is 0 Å². The molecule has 0 aliphatic carbocycles. The van der Waals surface area contributed by atoms with Gasteiger partial charge in [0.1, 0.15) is 5.82 Å². The van der Waals surface area contributed by atoms with Gasteiger partial charge in [-0.15, -0.1) is 0 Å². The summed E-state index contributed by atoms with van der Waals surface area (Å²) < 4.78 is 14.0. The number of hydrogen-bond donors (Lipinski definition) is 2. The van der Waals surface area contributed by atoms with E-state index in [2.05, 4.69) is 22.4 Å². The normalized spacial score (nSPS) is 13.1. The molecule has 2 atom stereocenters. The van der Waals surface area contributed by atoms with Crippen molar-refractivity contribution in [3.63, 3.8) is 0 Å². The van der Waals surface area contributed by atoms with Crippen LogP contribution in [0, 0.1) is 5.82 Å². The van der Waals surface area contributed by atoms with Crippen LogP contribution >= 0.6 is 0 Å². The first-order valence-electron chi connectivity index (χ1n) is 10.7. The highest BCUT2D eigenvalue weighted by Crippen LogP contribution is 2.33. The summed E-state index contributed by atoms with van der Waals surface area (Å²) in [4.78, 5) is 16.2. The van der Waals surface area contributed by atoms with Crippen LogP contribution in [-0.4, -0.2) is 16.9 Å². The molecular formula is C27H27FN2O. The second-order valence-electron chi connectivity index (χ2n) is 8.09. The number of rotatable bonds is 8. The number of H-pyrrole nitrogens is 1. The number of aromatic amines is 1. The van der Waals surface area contributed by atoms with Crippen molar-refractivity contribution < 1.29 is 9.18 Å². The van der Waals surface area contributed by atoms with Gasteiger partial charge in [0.2, 0.25) is 5.91 Å². The van der Waals surface area contributed by atoms with Crippen LogP contribution in [0.3, 0.4) is 0 Å². The molecule has 2 N–H and O–H groups in total. The molecule has 0 fully saturated rings. The van der Waals surface area contributed by atoms with Gasteiger partial charge in [0.25, 0.3) is 0 Å². The van der Waals surface area contributed by atoms with E-state index in [1.807, 2.05) is 61.7 Å². The molecule has 0 saturated heterocycles. The maximum absolute atomic E-state index is 14.0.